The number of H-pyrrole nitrogens is 1. The molecule has 3 heterocycles. The Labute approximate surface area is 173 Å². The minimum atomic E-state index is 0.603. The summed E-state index contributed by atoms with van der Waals surface area (Å²) in [6, 6.07) is 19.8. The third kappa shape index (κ3) is 4.17. The Morgan fingerprint density at radius 3 is 2.83 bits per heavy atom. The molecule has 0 amide bonds. The molecule has 3 nitrogen and oxygen atoms in total. The zero-order chi connectivity index (χ0) is 19.5. The van der Waals surface area contributed by atoms with Crippen LogP contribution in [0.4, 0.5) is 0 Å². The van der Waals surface area contributed by atoms with Gasteiger partial charge in [-0.25, -0.2) is 0 Å². The summed E-state index contributed by atoms with van der Waals surface area (Å²) in [6.45, 7) is 3.90. The normalized spacial score (nSPS) is 24.2. The Hall–Kier alpha value is -2.36. The van der Waals surface area contributed by atoms with Crippen molar-refractivity contribution in [1.82, 2.24) is 9.88 Å². The molecule has 0 spiro atoms. The van der Waals surface area contributed by atoms with Gasteiger partial charge in [-0.3, -0.25) is 4.90 Å². The second-order valence-electron chi connectivity index (χ2n) is 8.59. The first kappa shape index (κ1) is 18.7. The number of fused-ring (bicyclic) bond motifs is 4. The third-order valence-corrected chi connectivity index (χ3v) is 6.66. The van der Waals surface area contributed by atoms with Gasteiger partial charge < -0.3 is 9.72 Å². The standard InChI is InChI=1S/C26H30N2O/c1-2-7-20(8-3-1)18-29-19-23-15-21-9-6-12-26(23)28(17-21)14-13-22-16-27-25-11-5-4-10-24(22)25/h1-11,16,21,23,26-27H,12-15,17-19H2. The molecule has 0 saturated carbocycles. The van der Waals surface area contributed by atoms with Gasteiger partial charge in [0.2, 0.25) is 0 Å². The molecular weight excluding hydrogens is 356 g/mol. The first-order valence-corrected chi connectivity index (χ1v) is 10.9. The summed E-state index contributed by atoms with van der Waals surface area (Å²) in [7, 11) is 0. The van der Waals surface area contributed by atoms with Crippen LogP contribution in [0.5, 0.6) is 0 Å². The second-order valence-corrected chi connectivity index (χ2v) is 8.59. The van der Waals surface area contributed by atoms with Crippen molar-refractivity contribution >= 4 is 10.9 Å². The van der Waals surface area contributed by atoms with Gasteiger partial charge in [0.1, 0.15) is 0 Å². The highest BCUT2D eigenvalue weighted by molar-refractivity contribution is 5.83. The van der Waals surface area contributed by atoms with Gasteiger partial charge >= 0.3 is 0 Å². The Morgan fingerprint density at radius 2 is 1.90 bits per heavy atom. The largest absolute Gasteiger partial charge is 0.376 e. The lowest BCUT2D eigenvalue weighted by Gasteiger charge is -2.42. The number of benzene rings is 2. The third-order valence-electron chi connectivity index (χ3n) is 6.66. The first-order valence-electron chi connectivity index (χ1n) is 10.9. The van der Waals surface area contributed by atoms with Gasteiger partial charge in [-0.05, 0) is 48.3 Å². The maximum absolute atomic E-state index is 6.16. The number of ether oxygens (including phenoxy) is 1. The molecule has 3 unspecified atom stereocenters. The molecule has 1 saturated heterocycles. The lowest BCUT2D eigenvalue weighted by Crippen LogP contribution is -2.49. The van der Waals surface area contributed by atoms with Crippen LogP contribution in [-0.2, 0) is 17.8 Å². The van der Waals surface area contributed by atoms with E-state index >= 15 is 0 Å². The minimum absolute atomic E-state index is 0.603. The number of aromatic amines is 1. The predicted molar refractivity (Wildman–Crippen MR) is 119 cm³/mol. The van der Waals surface area contributed by atoms with Crippen LogP contribution >= 0.6 is 0 Å². The SMILES string of the molecule is C1=CC2CC(COCc3ccccc3)C(C1)N(CCc1c[nH]c3ccccc13)C2. The van der Waals surface area contributed by atoms with Crippen molar-refractivity contribution in [3.63, 3.8) is 0 Å². The van der Waals surface area contributed by atoms with Gasteiger partial charge in [0, 0.05) is 36.2 Å². The molecule has 2 aromatic carbocycles. The van der Waals surface area contributed by atoms with Gasteiger partial charge in [-0.2, -0.15) is 0 Å². The smallest absolute Gasteiger partial charge is 0.0717 e. The van der Waals surface area contributed by atoms with Gasteiger partial charge in [-0.15, -0.1) is 0 Å². The summed E-state index contributed by atoms with van der Waals surface area (Å²) in [6.07, 6.45) is 10.6. The molecule has 1 aliphatic carbocycles. The quantitative estimate of drug-likeness (QED) is 0.566. The molecule has 3 heteroatoms. The number of nitrogens with zero attached hydrogens (tertiary/aromatic N) is 1. The van der Waals surface area contributed by atoms with E-state index < -0.39 is 0 Å². The predicted octanol–water partition coefficient (Wildman–Crippen LogP) is 5.19. The summed E-state index contributed by atoms with van der Waals surface area (Å²) < 4.78 is 6.16. The summed E-state index contributed by atoms with van der Waals surface area (Å²) in [5, 5.41) is 1.37. The Kier molecular flexibility index (Phi) is 5.51. The van der Waals surface area contributed by atoms with Crippen LogP contribution in [0.15, 0.2) is 72.9 Å². The maximum atomic E-state index is 6.16. The van der Waals surface area contributed by atoms with Crippen molar-refractivity contribution < 1.29 is 4.74 Å². The van der Waals surface area contributed by atoms with E-state index in [0.717, 1.165) is 32.6 Å². The van der Waals surface area contributed by atoms with E-state index in [0.29, 0.717) is 17.9 Å². The van der Waals surface area contributed by atoms with Crippen LogP contribution in [0.2, 0.25) is 0 Å². The molecule has 6 rings (SSSR count). The Morgan fingerprint density at radius 1 is 1.03 bits per heavy atom. The lowest BCUT2D eigenvalue weighted by molar-refractivity contribution is 0.00699. The number of piperidine rings is 1. The number of aromatic nitrogens is 1. The molecule has 3 atom stereocenters. The summed E-state index contributed by atoms with van der Waals surface area (Å²) in [5.41, 5.74) is 3.94. The van der Waals surface area contributed by atoms with Gasteiger partial charge in [0.15, 0.2) is 0 Å². The van der Waals surface area contributed by atoms with Crippen molar-refractivity contribution in [1.29, 1.82) is 0 Å². The molecule has 1 aromatic heterocycles. The average Bonchev–Trinajstić information content (AvgIpc) is 2.93. The number of hydrogen-bond acceptors (Lipinski definition) is 2. The molecule has 1 N–H and O–H groups in total. The maximum Gasteiger partial charge on any atom is 0.0717 e. The van der Waals surface area contributed by atoms with E-state index in [1.165, 1.54) is 35.0 Å². The fourth-order valence-corrected chi connectivity index (χ4v) is 5.19. The first-order chi connectivity index (χ1) is 14.4. The monoisotopic (exact) mass is 386 g/mol. The highest BCUT2D eigenvalue weighted by Gasteiger charge is 2.36. The van der Waals surface area contributed by atoms with Gasteiger partial charge in [-0.1, -0.05) is 60.7 Å². The van der Waals surface area contributed by atoms with Crippen LogP contribution < -0.4 is 0 Å². The lowest BCUT2D eigenvalue weighted by atomic mass is 9.84. The van der Waals surface area contributed by atoms with E-state index in [9.17, 15) is 0 Å². The van der Waals surface area contributed by atoms with Crippen molar-refractivity contribution in [2.75, 3.05) is 19.7 Å². The minimum Gasteiger partial charge on any atom is -0.376 e. The number of para-hydroxylation sites is 1. The van der Waals surface area contributed by atoms with Crippen LogP contribution in [0, 0.1) is 11.8 Å². The van der Waals surface area contributed by atoms with E-state index in [1.807, 2.05) is 0 Å². The van der Waals surface area contributed by atoms with Crippen molar-refractivity contribution in [3.8, 4) is 0 Å². The number of hydrogen-bond donors (Lipinski definition) is 1. The molecule has 2 aliphatic heterocycles. The van der Waals surface area contributed by atoms with E-state index in [2.05, 4.69) is 82.8 Å². The average molecular weight is 387 g/mol. The summed E-state index contributed by atoms with van der Waals surface area (Å²) >= 11 is 0. The topological polar surface area (TPSA) is 28.3 Å². The highest BCUT2D eigenvalue weighted by atomic mass is 16.5. The van der Waals surface area contributed by atoms with Gasteiger partial charge in [0.05, 0.1) is 13.2 Å². The number of nitrogens with one attached hydrogen (secondary N) is 1. The molecular formula is C26H30N2O. The zero-order valence-corrected chi connectivity index (χ0v) is 17.0. The molecule has 3 aliphatic rings. The zero-order valence-electron chi connectivity index (χ0n) is 17.0. The Bertz CT molecular complexity index is 961. The van der Waals surface area contributed by atoms with Crippen LogP contribution in [0.3, 0.4) is 0 Å². The van der Waals surface area contributed by atoms with Crippen LogP contribution in [0.1, 0.15) is 24.0 Å². The van der Waals surface area contributed by atoms with Crippen LogP contribution in [0.25, 0.3) is 10.9 Å². The summed E-state index contributed by atoms with van der Waals surface area (Å²) in [4.78, 5) is 6.15. The fraction of sp³-hybridized carbons (Fsp3) is 0.385. The molecule has 3 aromatic rings. The Balaban J connectivity index is 1.22. The molecule has 1 fully saturated rings. The molecule has 2 bridgehead atoms. The molecule has 150 valence electrons. The molecule has 0 radical (unpaired) electrons. The highest BCUT2D eigenvalue weighted by Crippen LogP contribution is 2.34. The van der Waals surface area contributed by atoms with E-state index in [-0.39, 0.29) is 0 Å². The van der Waals surface area contributed by atoms with Gasteiger partial charge in [0.25, 0.3) is 0 Å². The second kappa shape index (κ2) is 8.56. The van der Waals surface area contributed by atoms with E-state index in [4.69, 9.17) is 4.74 Å². The molecule has 29 heavy (non-hydrogen) atoms. The number of rotatable bonds is 7. The van der Waals surface area contributed by atoms with Crippen molar-refractivity contribution in [2.45, 2.75) is 31.9 Å². The van der Waals surface area contributed by atoms with Crippen molar-refractivity contribution in [3.05, 3.63) is 84.1 Å². The van der Waals surface area contributed by atoms with Crippen molar-refractivity contribution in [2.24, 2.45) is 11.8 Å². The fourth-order valence-electron chi connectivity index (χ4n) is 5.19. The van der Waals surface area contributed by atoms with E-state index in [1.54, 1.807) is 0 Å². The van der Waals surface area contributed by atoms with Crippen LogP contribution in [-0.4, -0.2) is 35.6 Å². The summed E-state index contributed by atoms with van der Waals surface area (Å²) in [5.74, 6) is 1.29.